The monoisotopic (exact) mass is 450 g/mol. The molecule has 0 saturated carbocycles. The molecule has 1 atom stereocenters. The minimum Gasteiger partial charge on any atom is -0.497 e. The molecular formula is C26H27ClN2O3. The third kappa shape index (κ3) is 6.34. The summed E-state index contributed by atoms with van der Waals surface area (Å²) in [5, 5.41) is 3.35. The van der Waals surface area contributed by atoms with Gasteiger partial charge in [0.25, 0.3) is 0 Å². The summed E-state index contributed by atoms with van der Waals surface area (Å²) in [4.78, 5) is 28.0. The second kappa shape index (κ2) is 11.3. The van der Waals surface area contributed by atoms with Crippen molar-refractivity contribution in [1.29, 1.82) is 0 Å². The normalized spacial score (nSPS) is 11.5. The third-order valence-corrected chi connectivity index (χ3v) is 5.55. The highest BCUT2D eigenvalue weighted by Gasteiger charge is 2.29. The first-order valence-corrected chi connectivity index (χ1v) is 10.8. The van der Waals surface area contributed by atoms with Crippen LogP contribution in [0.5, 0.6) is 5.75 Å². The Morgan fingerprint density at radius 3 is 2.12 bits per heavy atom. The largest absolute Gasteiger partial charge is 0.497 e. The smallest absolute Gasteiger partial charge is 0.242 e. The Morgan fingerprint density at radius 1 is 0.906 bits per heavy atom. The summed E-state index contributed by atoms with van der Waals surface area (Å²) in [5.41, 5.74) is 2.74. The predicted octanol–water partition coefficient (Wildman–Crippen LogP) is 4.28. The van der Waals surface area contributed by atoms with E-state index >= 15 is 0 Å². The molecule has 0 bridgehead atoms. The summed E-state index contributed by atoms with van der Waals surface area (Å²) in [6, 6.07) is 23.8. The van der Waals surface area contributed by atoms with E-state index in [-0.39, 0.29) is 18.2 Å². The first kappa shape index (κ1) is 23.4. The van der Waals surface area contributed by atoms with Gasteiger partial charge < -0.3 is 15.0 Å². The van der Waals surface area contributed by atoms with Crippen LogP contribution in [0.1, 0.15) is 16.7 Å². The lowest BCUT2D eigenvalue weighted by Crippen LogP contribution is -2.50. The second-order valence-corrected chi connectivity index (χ2v) is 7.93. The van der Waals surface area contributed by atoms with Crippen LogP contribution in [0.4, 0.5) is 0 Å². The van der Waals surface area contributed by atoms with Gasteiger partial charge >= 0.3 is 0 Å². The number of carbonyl (C=O) groups excluding carboxylic acids is 2. The van der Waals surface area contributed by atoms with E-state index in [2.05, 4.69) is 5.32 Å². The van der Waals surface area contributed by atoms with Crippen LogP contribution in [0.15, 0.2) is 78.9 Å². The van der Waals surface area contributed by atoms with Crippen LogP contribution in [0.25, 0.3) is 0 Å². The molecule has 6 heteroatoms. The molecule has 1 unspecified atom stereocenters. The molecule has 0 aliphatic carbocycles. The SMILES string of the molecule is CNC(=O)C(Cc1ccccc1)N(Cc1ccc(Cl)cc1)C(=O)Cc1ccc(OC)cc1. The van der Waals surface area contributed by atoms with Gasteiger partial charge in [0.2, 0.25) is 11.8 Å². The molecule has 3 aromatic rings. The van der Waals surface area contributed by atoms with Crippen molar-refractivity contribution < 1.29 is 14.3 Å². The fraction of sp³-hybridized carbons (Fsp3) is 0.231. The van der Waals surface area contributed by atoms with E-state index in [9.17, 15) is 9.59 Å². The maximum atomic E-state index is 13.5. The molecule has 32 heavy (non-hydrogen) atoms. The Labute approximate surface area is 194 Å². The van der Waals surface area contributed by atoms with E-state index < -0.39 is 6.04 Å². The standard InChI is InChI=1S/C26H27ClN2O3/c1-28-26(31)24(16-19-6-4-3-5-7-19)29(18-21-8-12-22(27)13-9-21)25(30)17-20-10-14-23(32-2)15-11-20/h3-15,24H,16-18H2,1-2H3,(H,28,31). The van der Waals surface area contributed by atoms with E-state index in [1.54, 1.807) is 31.2 Å². The number of amides is 2. The van der Waals surface area contributed by atoms with E-state index in [1.807, 2.05) is 66.7 Å². The number of halogens is 1. The molecular weight excluding hydrogens is 424 g/mol. The fourth-order valence-electron chi connectivity index (χ4n) is 3.53. The van der Waals surface area contributed by atoms with Crippen molar-refractivity contribution in [3.8, 4) is 5.75 Å². The van der Waals surface area contributed by atoms with Crippen molar-refractivity contribution in [3.63, 3.8) is 0 Å². The number of likely N-dealkylation sites (N-methyl/N-ethyl adjacent to an activating group) is 1. The molecule has 166 valence electrons. The molecule has 0 heterocycles. The molecule has 0 aromatic heterocycles. The zero-order valence-electron chi connectivity index (χ0n) is 18.3. The molecule has 0 fully saturated rings. The molecule has 3 aromatic carbocycles. The highest BCUT2D eigenvalue weighted by atomic mass is 35.5. The first-order valence-electron chi connectivity index (χ1n) is 10.4. The molecule has 0 radical (unpaired) electrons. The van der Waals surface area contributed by atoms with E-state index in [1.165, 1.54) is 0 Å². The molecule has 3 rings (SSSR count). The molecule has 2 amide bonds. The fourth-order valence-corrected chi connectivity index (χ4v) is 3.65. The van der Waals surface area contributed by atoms with E-state index in [4.69, 9.17) is 16.3 Å². The van der Waals surface area contributed by atoms with Crippen molar-refractivity contribution in [1.82, 2.24) is 10.2 Å². The van der Waals surface area contributed by atoms with Gasteiger partial charge in [0.05, 0.1) is 13.5 Å². The minimum absolute atomic E-state index is 0.130. The van der Waals surface area contributed by atoms with Crippen LogP contribution in [-0.2, 0) is 29.0 Å². The summed E-state index contributed by atoms with van der Waals surface area (Å²) in [7, 11) is 3.19. The highest BCUT2D eigenvalue weighted by Crippen LogP contribution is 2.19. The second-order valence-electron chi connectivity index (χ2n) is 7.49. The van der Waals surface area contributed by atoms with E-state index in [0.29, 0.717) is 18.0 Å². The van der Waals surface area contributed by atoms with E-state index in [0.717, 1.165) is 22.4 Å². The van der Waals surface area contributed by atoms with Gasteiger partial charge in [0.15, 0.2) is 0 Å². The van der Waals surface area contributed by atoms with Gasteiger partial charge in [0.1, 0.15) is 11.8 Å². The van der Waals surface area contributed by atoms with Crippen molar-refractivity contribution in [2.75, 3.05) is 14.2 Å². The van der Waals surface area contributed by atoms with Crippen LogP contribution < -0.4 is 10.1 Å². The van der Waals surface area contributed by atoms with Crippen LogP contribution >= 0.6 is 11.6 Å². The quantitative estimate of drug-likeness (QED) is 0.529. The Bertz CT molecular complexity index is 1020. The lowest BCUT2D eigenvalue weighted by Gasteiger charge is -2.31. The van der Waals surface area contributed by atoms with Gasteiger partial charge in [-0.2, -0.15) is 0 Å². The van der Waals surface area contributed by atoms with Gasteiger partial charge in [-0.1, -0.05) is 66.2 Å². The Morgan fingerprint density at radius 2 is 1.53 bits per heavy atom. The Kier molecular flexibility index (Phi) is 8.28. The lowest BCUT2D eigenvalue weighted by atomic mass is 10.0. The number of rotatable bonds is 9. The highest BCUT2D eigenvalue weighted by molar-refractivity contribution is 6.30. The van der Waals surface area contributed by atoms with Crippen LogP contribution in [-0.4, -0.2) is 36.9 Å². The summed E-state index contributed by atoms with van der Waals surface area (Å²) in [6.45, 7) is 0.303. The number of nitrogens with one attached hydrogen (secondary N) is 1. The van der Waals surface area contributed by atoms with Crippen LogP contribution in [0, 0.1) is 0 Å². The van der Waals surface area contributed by atoms with Gasteiger partial charge in [-0.05, 0) is 41.0 Å². The number of benzene rings is 3. The van der Waals surface area contributed by atoms with Crippen LogP contribution in [0.3, 0.4) is 0 Å². The van der Waals surface area contributed by atoms with Crippen molar-refractivity contribution in [2.45, 2.75) is 25.4 Å². The molecule has 0 aliphatic rings. The number of carbonyl (C=O) groups is 2. The summed E-state index contributed by atoms with van der Waals surface area (Å²) < 4.78 is 5.20. The van der Waals surface area contributed by atoms with Crippen molar-refractivity contribution in [2.24, 2.45) is 0 Å². The number of hydrogen-bond donors (Lipinski definition) is 1. The summed E-state index contributed by atoms with van der Waals surface area (Å²) >= 11 is 6.03. The third-order valence-electron chi connectivity index (χ3n) is 5.30. The molecule has 1 N–H and O–H groups in total. The van der Waals surface area contributed by atoms with Crippen LogP contribution in [0.2, 0.25) is 5.02 Å². The number of ether oxygens (including phenoxy) is 1. The van der Waals surface area contributed by atoms with Gasteiger partial charge in [0, 0.05) is 25.0 Å². The topological polar surface area (TPSA) is 58.6 Å². The maximum Gasteiger partial charge on any atom is 0.242 e. The number of nitrogens with zero attached hydrogens (tertiary/aromatic N) is 1. The summed E-state index contributed by atoms with van der Waals surface area (Å²) in [5.74, 6) is 0.395. The Balaban J connectivity index is 1.91. The first-order chi connectivity index (χ1) is 15.5. The van der Waals surface area contributed by atoms with Gasteiger partial charge in [-0.3, -0.25) is 9.59 Å². The number of methoxy groups -OCH3 is 1. The Hall–Kier alpha value is -3.31. The zero-order valence-corrected chi connectivity index (χ0v) is 19.0. The van der Waals surface area contributed by atoms with Crippen molar-refractivity contribution in [3.05, 3.63) is 101 Å². The average Bonchev–Trinajstić information content (AvgIpc) is 2.83. The average molecular weight is 451 g/mol. The molecule has 0 aliphatic heterocycles. The maximum absolute atomic E-state index is 13.5. The predicted molar refractivity (Wildman–Crippen MR) is 127 cm³/mol. The van der Waals surface area contributed by atoms with Gasteiger partial charge in [-0.25, -0.2) is 0 Å². The minimum atomic E-state index is -0.649. The lowest BCUT2D eigenvalue weighted by molar-refractivity contribution is -0.140. The van der Waals surface area contributed by atoms with Crippen molar-refractivity contribution >= 4 is 23.4 Å². The number of hydrogen-bond acceptors (Lipinski definition) is 3. The molecule has 0 spiro atoms. The molecule has 5 nitrogen and oxygen atoms in total. The van der Waals surface area contributed by atoms with Gasteiger partial charge in [-0.15, -0.1) is 0 Å². The zero-order chi connectivity index (χ0) is 22.9. The summed E-state index contributed by atoms with van der Waals surface area (Å²) in [6.07, 6.45) is 0.600. The molecule has 0 saturated heterocycles.